The molecule has 124 valence electrons. The van der Waals surface area contributed by atoms with E-state index >= 15 is 0 Å². The lowest BCUT2D eigenvalue weighted by Gasteiger charge is -2.07. The average molecular weight is 354 g/mol. The number of hydrogen-bond donors (Lipinski definition) is 1. The first-order valence-corrected chi connectivity index (χ1v) is 8.75. The van der Waals surface area contributed by atoms with Gasteiger partial charge < -0.3 is 4.74 Å². The highest BCUT2D eigenvalue weighted by Crippen LogP contribution is 2.28. The van der Waals surface area contributed by atoms with Crippen LogP contribution in [0.1, 0.15) is 43.2 Å². The van der Waals surface area contributed by atoms with Crippen LogP contribution in [0.2, 0.25) is 5.02 Å². The Balaban J connectivity index is 1.88. The van der Waals surface area contributed by atoms with Gasteiger partial charge in [-0.2, -0.15) is 0 Å². The molecule has 0 unspecified atom stereocenters. The minimum Gasteiger partial charge on any atom is -0.484 e. The quantitative estimate of drug-likeness (QED) is 0.800. The Labute approximate surface area is 145 Å². The molecular formula is C16H20ClN3O2S. The third-order valence-electron chi connectivity index (χ3n) is 3.52. The zero-order valence-electron chi connectivity index (χ0n) is 13.4. The summed E-state index contributed by atoms with van der Waals surface area (Å²) in [5, 5.41) is 13.0. The lowest BCUT2D eigenvalue weighted by atomic mass is 10.1. The van der Waals surface area contributed by atoms with Crippen LogP contribution in [-0.2, 0) is 4.79 Å². The number of hydrogen-bond acceptors (Lipinski definition) is 5. The molecule has 0 aliphatic heterocycles. The number of nitrogens with one attached hydrogen (secondary N) is 1. The second-order valence-corrected chi connectivity index (χ2v) is 6.62. The highest BCUT2D eigenvalue weighted by Gasteiger charge is 2.14. The van der Waals surface area contributed by atoms with Crippen LogP contribution in [0, 0.1) is 6.92 Å². The molecule has 23 heavy (non-hydrogen) atoms. The molecule has 0 bridgehead atoms. The first-order chi connectivity index (χ1) is 11.0. The van der Waals surface area contributed by atoms with E-state index in [1.807, 2.05) is 6.92 Å². The molecule has 1 aromatic carbocycles. The van der Waals surface area contributed by atoms with Crippen LogP contribution in [0.4, 0.5) is 5.13 Å². The van der Waals surface area contributed by atoms with Gasteiger partial charge in [-0.05, 0) is 43.5 Å². The predicted octanol–water partition coefficient (Wildman–Crippen LogP) is 4.42. The average Bonchev–Trinajstić information content (AvgIpc) is 2.98. The van der Waals surface area contributed by atoms with Crippen molar-refractivity contribution in [1.29, 1.82) is 0 Å². The number of benzene rings is 1. The zero-order valence-corrected chi connectivity index (χ0v) is 15.0. The van der Waals surface area contributed by atoms with Gasteiger partial charge in [-0.25, -0.2) is 0 Å². The van der Waals surface area contributed by atoms with Crippen molar-refractivity contribution in [2.24, 2.45) is 0 Å². The summed E-state index contributed by atoms with van der Waals surface area (Å²) in [6, 6.07) is 5.28. The minimum absolute atomic E-state index is 0.0824. The zero-order chi connectivity index (χ0) is 16.8. The van der Waals surface area contributed by atoms with Gasteiger partial charge in [-0.15, -0.1) is 10.2 Å². The number of carbonyl (C=O) groups is 1. The lowest BCUT2D eigenvalue weighted by molar-refractivity contribution is -0.118. The van der Waals surface area contributed by atoms with Crippen LogP contribution in [-0.4, -0.2) is 22.7 Å². The van der Waals surface area contributed by atoms with E-state index in [2.05, 4.69) is 29.4 Å². The van der Waals surface area contributed by atoms with E-state index in [1.165, 1.54) is 11.3 Å². The fourth-order valence-corrected chi connectivity index (χ4v) is 3.24. The molecule has 0 aliphatic carbocycles. The van der Waals surface area contributed by atoms with E-state index in [0.717, 1.165) is 23.4 Å². The van der Waals surface area contributed by atoms with Gasteiger partial charge in [0.05, 0.1) is 0 Å². The monoisotopic (exact) mass is 353 g/mol. The van der Waals surface area contributed by atoms with Crippen molar-refractivity contribution in [3.63, 3.8) is 0 Å². The second-order valence-electron chi connectivity index (χ2n) is 5.21. The second kappa shape index (κ2) is 8.26. The van der Waals surface area contributed by atoms with Crippen molar-refractivity contribution < 1.29 is 9.53 Å². The van der Waals surface area contributed by atoms with Crippen molar-refractivity contribution in [2.45, 2.75) is 39.5 Å². The summed E-state index contributed by atoms with van der Waals surface area (Å²) in [7, 11) is 0. The maximum atomic E-state index is 11.9. The number of rotatable bonds is 7. The van der Waals surface area contributed by atoms with Gasteiger partial charge in [0.1, 0.15) is 10.8 Å². The van der Waals surface area contributed by atoms with E-state index in [1.54, 1.807) is 18.2 Å². The fourth-order valence-electron chi connectivity index (χ4n) is 2.10. The van der Waals surface area contributed by atoms with Crippen LogP contribution in [0.25, 0.3) is 0 Å². The number of aromatic nitrogens is 2. The van der Waals surface area contributed by atoms with Gasteiger partial charge in [0, 0.05) is 10.9 Å². The summed E-state index contributed by atoms with van der Waals surface area (Å²) in [6.07, 6.45) is 2.02. The Morgan fingerprint density at radius 2 is 2.09 bits per heavy atom. The molecule has 1 heterocycles. The number of ether oxygens (including phenoxy) is 1. The molecule has 0 fully saturated rings. The van der Waals surface area contributed by atoms with Gasteiger partial charge in [-0.3, -0.25) is 10.1 Å². The molecule has 1 amide bonds. The number of amides is 1. The number of aryl methyl sites for hydroxylation is 1. The molecule has 5 nitrogen and oxygen atoms in total. The topological polar surface area (TPSA) is 64.1 Å². The van der Waals surface area contributed by atoms with E-state index in [4.69, 9.17) is 16.3 Å². The van der Waals surface area contributed by atoms with Gasteiger partial charge >= 0.3 is 0 Å². The highest BCUT2D eigenvalue weighted by molar-refractivity contribution is 7.15. The summed E-state index contributed by atoms with van der Waals surface area (Å²) in [4.78, 5) is 11.9. The van der Waals surface area contributed by atoms with Gasteiger partial charge in [-0.1, -0.05) is 36.8 Å². The molecule has 2 aromatic rings. The van der Waals surface area contributed by atoms with Gasteiger partial charge in [0.25, 0.3) is 5.91 Å². The van der Waals surface area contributed by atoms with Crippen LogP contribution in [0.3, 0.4) is 0 Å². The normalized spacial score (nSPS) is 10.8. The summed E-state index contributed by atoms with van der Waals surface area (Å²) in [5.41, 5.74) is 0.906. The van der Waals surface area contributed by atoms with Crippen LogP contribution < -0.4 is 10.1 Å². The molecular weight excluding hydrogens is 334 g/mol. The largest absolute Gasteiger partial charge is 0.484 e. The maximum Gasteiger partial charge on any atom is 0.264 e. The summed E-state index contributed by atoms with van der Waals surface area (Å²) in [5.74, 6) is 0.744. The number of carbonyl (C=O) groups excluding carboxylic acids is 1. The van der Waals surface area contributed by atoms with E-state index in [9.17, 15) is 4.79 Å². The molecule has 0 saturated heterocycles. The number of anilines is 1. The van der Waals surface area contributed by atoms with Crippen LogP contribution in [0.15, 0.2) is 18.2 Å². The first kappa shape index (κ1) is 17.7. The molecule has 7 heteroatoms. The fraction of sp³-hybridized carbons (Fsp3) is 0.438. The van der Waals surface area contributed by atoms with Crippen molar-refractivity contribution in [1.82, 2.24) is 10.2 Å². The first-order valence-electron chi connectivity index (χ1n) is 7.55. The Hall–Kier alpha value is -1.66. The van der Waals surface area contributed by atoms with Crippen molar-refractivity contribution in [3.05, 3.63) is 33.8 Å². The third kappa shape index (κ3) is 4.91. The minimum atomic E-state index is -0.259. The summed E-state index contributed by atoms with van der Waals surface area (Å²) in [6.45, 7) is 6.04. The number of nitrogens with zero attached hydrogens (tertiary/aromatic N) is 2. The Morgan fingerprint density at radius 1 is 1.35 bits per heavy atom. The summed E-state index contributed by atoms with van der Waals surface area (Å²) >= 11 is 7.37. The van der Waals surface area contributed by atoms with E-state index < -0.39 is 0 Å². The van der Waals surface area contributed by atoms with Gasteiger partial charge in [0.15, 0.2) is 6.61 Å². The smallest absolute Gasteiger partial charge is 0.264 e. The molecule has 0 aliphatic rings. The van der Waals surface area contributed by atoms with Crippen molar-refractivity contribution >= 4 is 34.0 Å². The van der Waals surface area contributed by atoms with E-state index in [-0.39, 0.29) is 12.5 Å². The molecule has 0 saturated carbocycles. The summed E-state index contributed by atoms with van der Waals surface area (Å²) < 4.78 is 5.46. The molecule has 0 spiro atoms. The van der Waals surface area contributed by atoms with Crippen molar-refractivity contribution in [2.75, 3.05) is 11.9 Å². The van der Waals surface area contributed by atoms with E-state index in [0.29, 0.717) is 21.8 Å². The third-order valence-corrected chi connectivity index (χ3v) is 4.95. The molecule has 1 aromatic heterocycles. The Bertz CT molecular complexity index is 671. The molecule has 0 atom stereocenters. The van der Waals surface area contributed by atoms with Gasteiger partial charge in [0.2, 0.25) is 5.13 Å². The van der Waals surface area contributed by atoms with Crippen LogP contribution >= 0.6 is 22.9 Å². The van der Waals surface area contributed by atoms with Crippen LogP contribution in [0.5, 0.6) is 5.75 Å². The number of halogens is 1. The Kier molecular flexibility index (Phi) is 6.36. The molecule has 1 N–H and O–H groups in total. The van der Waals surface area contributed by atoms with Crippen molar-refractivity contribution in [3.8, 4) is 5.75 Å². The maximum absolute atomic E-state index is 11.9. The molecule has 2 rings (SSSR count). The SMILES string of the molecule is CCC(CC)c1nnc(NC(=O)COc2ccc(Cl)c(C)c2)s1. The molecule has 0 radical (unpaired) electrons. The predicted molar refractivity (Wildman–Crippen MR) is 93.5 cm³/mol. The lowest BCUT2D eigenvalue weighted by Crippen LogP contribution is -2.20. The highest BCUT2D eigenvalue weighted by atomic mass is 35.5. The standard InChI is InChI=1S/C16H20ClN3O2S/c1-4-11(5-2)15-19-20-16(23-15)18-14(21)9-22-12-6-7-13(17)10(3)8-12/h6-8,11H,4-5,9H2,1-3H3,(H,18,20,21). The Morgan fingerprint density at radius 3 is 2.74 bits per heavy atom.